The molecule has 0 spiro atoms. The Balaban J connectivity index is 0.000000178. The fraction of sp³-hybridized carbons (Fsp3) is 0.617. The van der Waals surface area contributed by atoms with Crippen LogP contribution in [0.15, 0.2) is 48.7 Å². The van der Waals surface area contributed by atoms with Gasteiger partial charge in [-0.1, -0.05) is 52.7 Å². The van der Waals surface area contributed by atoms with Gasteiger partial charge in [0.1, 0.15) is 23.1 Å². The number of ether oxygens (including phenoxy) is 1. The Morgan fingerprint density at radius 1 is 0.746 bits per heavy atom. The van der Waals surface area contributed by atoms with Crippen molar-refractivity contribution in [1.29, 1.82) is 0 Å². The summed E-state index contributed by atoms with van der Waals surface area (Å²) in [6.45, 7) is 9.84. The van der Waals surface area contributed by atoms with Crippen molar-refractivity contribution in [2.75, 3.05) is 25.6 Å². The van der Waals surface area contributed by atoms with E-state index in [2.05, 4.69) is 60.7 Å². The summed E-state index contributed by atoms with van der Waals surface area (Å²) >= 11 is 0. The van der Waals surface area contributed by atoms with Gasteiger partial charge >= 0.3 is 0 Å². The van der Waals surface area contributed by atoms with Crippen LogP contribution in [0.25, 0.3) is 10.9 Å². The molecule has 1 heterocycles. The number of nitrogens with one attached hydrogen (secondary N) is 3. The molecular weight excluding hydrogens is 889 g/mol. The van der Waals surface area contributed by atoms with E-state index in [-0.39, 0.29) is 22.6 Å². The molecule has 4 fully saturated rings. The van der Waals surface area contributed by atoms with Gasteiger partial charge in [0.05, 0.1) is 18.3 Å². The number of nitrogens with zero attached hydrogens (tertiary/aromatic N) is 1. The number of aryl methyl sites for hydroxylation is 4. The maximum absolute atomic E-state index is 13.3. The van der Waals surface area contributed by atoms with Crippen LogP contribution in [0.4, 0.5) is 5.69 Å². The number of ketones is 2. The van der Waals surface area contributed by atoms with Crippen molar-refractivity contribution >= 4 is 40.0 Å². The van der Waals surface area contributed by atoms with E-state index in [4.69, 9.17) is 4.74 Å². The maximum Gasteiger partial charge on any atom is 0.224 e. The van der Waals surface area contributed by atoms with E-state index in [1.807, 2.05) is 30.3 Å². The quantitative estimate of drug-likeness (QED) is 0.0691. The van der Waals surface area contributed by atoms with Crippen molar-refractivity contribution in [2.24, 2.45) is 46.3 Å². The maximum atomic E-state index is 13.3. The van der Waals surface area contributed by atoms with E-state index >= 15 is 0 Å². The number of hydrogen-bond acceptors (Lipinski definition) is 8. The zero-order chi connectivity index (χ0) is 50.0. The van der Waals surface area contributed by atoms with Crippen LogP contribution in [0.1, 0.15) is 176 Å². The number of Topliss-reactive ketones (excluding diaryl/α,β-unsaturated/α-hetero) is 2. The normalized spacial score (nSPS) is 29.2. The van der Waals surface area contributed by atoms with Gasteiger partial charge in [0.25, 0.3) is 0 Å². The highest BCUT2D eigenvalue weighted by molar-refractivity contribution is 5.93. The molecule has 6 aliphatic rings. The first-order chi connectivity index (χ1) is 34.3. The lowest BCUT2D eigenvalue weighted by Gasteiger charge is -2.50. The van der Waals surface area contributed by atoms with E-state index < -0.39 is 0 Å². The number of aromatic amines is 1. The first kappa shape index (κ1) is 50.9. The van der Waals surface area contributed by atoms with Crippen molar-refractivity contribution in [2.45, 2.75) is 168 Å². The standard InChI is InChI=1S/C32H39N3O3.C28H41NO4/c1-3-5-20-14-26-19(15-28(20)36)9-11-25-24(26)12-13-32(2)29(37)16-21(31(25)32)6-4-7-30(38)34-23-10-8-22-18-33-35-27(22)17-23;1-4-6-19-15-23-18(16-24(19)30)9-10-22-21(23)11-12-28(2)25(31)17-20(27(22)28)7-5-8-26(32)29-13-14-33-3/h8,10,14-15,17-18,21,24-25,31,36H,3-7,9,11-13,16H2,1-2H3,(H,33,35)(H,34,38);15-16,20-22,27,30H,4-14,17H2,1-3H3,(H,29,32)/t21-,24+,25-,31+,32-;20-,21+,22-,27+,28-/m11/s1. The van der Waals surface area contributed by atoms with Gasteiger partial charge in [0.15, 0.2) is 0 Å². The number of hydrogen-bond donors (Lipinski definition) is 5. The molecule has 0 aliphatic heterocycles. The molecule has 4 saturated carbocycles. The van der Waals surface area contributed by atoms with Crippen LogP contribution in [-0.4, -0.2) is 64.1 Å². The fourth-order valence-electron chi connectivity index (χ4n) is 15.6. The molecule has 1 aromatic heterocycles. The third-order valence-electron chi connectivity index (χ3n) is 18.9. The van der Waals surface area contributed by atoms with E-state index in [9.17, 15) is 29.4 Å². The summed E-state index contributed by atoms with van der Waals surface area (Å²) in [5.74, 6) is 5.42. The van der Waals surface area contributed by atoms with Crippen molar-refractivity contribution < 1.29 is 34.1 Å². The average Bonchev–Trinajstić information content (AvgIpc) is 4.00. The number of phenols is 2. The van der Waals surface area contributed by atoms with Crippen molar-refractivity contribution in [3.05, 3.63) is 82.0 Å². The van der Waals surface area contributed by atoms with Crippen LogP contribution >= 0.6 is 0 Å². The number of amides is 2. The summed E-state index contributed by atoms with van der Waals surface area (Å²) in [7, 11) is 1.63. The third-order valence-corrected chi connectivity index (χ3v) is 18.9. The Bertz CT molecular complexity index is 2600. The Morgan fingerprint density at radius 2 is 1.28 bits per heavy atom. The van der Waals surface area contributed by atoms with Gasteiger partial charge in [-0.3, -0.25) is 24.3 Å². The molecule has 2 amide bonds. The SMILES string of the molecule is CCCc1cc2c(cc1O)CC[C@H]1[C@@H]3[C@H](CCCC(=O)NCCOC)CC(=O)[C@@]3(C)CC[C@H]21.CCCc1cc2c(cc1O)CC[C@H]1[C@@H]3[C@H](CCCC(=O)Nc4ccc5cn[nH]c5c4)CC(=O)[C@@]3(C)CC[C@H]21. The number of carbonyl (C=O) groups excluding carboxylic acids is 4. The third kappa shape index (κ3) is 10.2. The Kier molecular flexibility index (Phi) is 15.5. The first-order valence-corrected chi connectivity index (χ1v) is 27.5. The van der Waals surface area contributed by atoms with E-state index in [1.54, 1.807) is 13.3 Å². The number of rotatable bonds is 16. The molecule has 5 N–H and O–H groups in total. The van der Waals surface area contributed by atoms with Crippen LogP contribution in [0, 0.1) is 46.3 Å². The average molecular weight is 969 g/mol. The molecule has 71 heavy (non-hydrogen) atoms. The second-order valence-corrected chi connectivity index (χ2v) is 23.1. The number of benzene rings is 3. The summed E-state index contributed by atoms with van der Waals surface area (Å²) in [6.07, 6.45) is 19.7. The molecule has 0 bridgehead atoms. The van der Waals surface area contributed by atoms with E-state index in [1.165, 1.54) is 22.3 Å². The second-order valence-electron chi connectivity index (χ2n) is 23.1. The number of aromatic hydroxyl groups is 2. The zero-order valence-corrected chi connectivity index (χ0v) is 43.2. The minimum absolute atomic E-state index is 0.0207. The fourth-order valence-corrected chi connectivity index (χ4v) is 15.6. The van der Waals surface area contributed by atoms with Gasteiger partial charge in [-0.15, -0.1) is 0 Å². The lowest BCUT2D eigenvalue weighted by atomic mass is 9.54. The van der Waals surface area contributed by atoms with Gasteiger partial charge in [0, 0.05) is 61.2 Å². The lowest BCUT2D eigenvalue weighted by Crippen LogP contribution is -2.44. The number of H-pyrrole nitrogens is 1. The number of aromatic nitrogens is 2. The predicted octanol–water partition coefficient (Wildman–Crippen LogP) is 11.6. The lowest BCUT2D eigenvalue weighted by molar-refractivity contribution is -0.130. The molecule has 10 rings (SSSR count). The molecule has 6 aliphatic carbocycles. The van der Waals surface area contributed by atoms with Crippen molar-refractivity contribution in [1.82, 2.24) is 15.5 Å². The summed E-state index contributed by atoms with van der Waals surface area (Å²) < 4.78 is 5.00. The Hall–Kier alpha value is -5.03. The van der Waals surface area contributed by atoms with Gasteiger partial charge in [-0.05, 0) is 201 Å². The summed E-state index contributed by atoms with van der Waals surface area (Å²) in [5, 5.41) is 35.0. The van der Waals surface area contributed by atoms with Crippen molar-refractivity contribution in [3.63, 3.8) is 0 Å². The van der Waals surface area contributed by atoms with Gasteiger partial charge in [0.2, 0.25) is 11.8 Å². The van der Waals surface area contributed by atoms with E-state index in [0.29, 0.717) is 109 Å². The topological polar surface area (TPSA) is 171 Å². The Labute approximate surface area is 421 Å². The number of anilines is 1. The predicted molar refractivity (Wildman–Crippen MR) is 279 cm³/mol. The monoisotopic (exact) mass is 969 g/mol. The molecule has 0 unspecified atom stereocenters. The van der Waals surface area contributed by atoms with Gasteiger partial charge in [-0.25, -0.2) is 0 Å². The molecule has 4 aromatic rings. The Morgan fingerprint density at radius 3 is 1.80 bits per heavy atom. The minimum atomic E-state index is -0.228. The first-order valence-electron chi connectivity index (χ1n) is 27.5. The largest absolute Gasteiger partial charge is 0.508 e. The highest BCUT2D eigenvalue weighted by Gasteiger charge is 2.60. The molecular formula is C60H80N4O7. The molecule has 11 nitrogen and oxygen atoms in total. The minimum Gasteiger partial charge on any atom is -0.508 e. The van der Waals surface area contributed by atoms with Crippen LogP contribution < -0.4 is 10.6 Å². The molecule has 382 valence electrons. The molecule has 11 heteroatoms. The zero-order valence-electron chi connectivity index (χ0n) is 43.2. The summed E-state index contributed by atoms with van der Waals surface area (Å²) in [6, 6.07) is 14.4. The second kappa shape index (κ2) is 21.6. The van der Waals surface area contributed by atoms with E-state index in [0.717, 1.165) is 130 Å². The summed E-state index contributed by atoms with van der Waals surface area (Å²) in [4.78, 5) is 51.4. The van der Waals surface area contributed by atoms with Crippen LogP contribution in [0.3, 0.4) is 0 Å². The van der Waals surface area contributed by atoms with Crippen LogP contribution in [0.2, 0.25) is 0 Å². The smallest absolute Gasteiger partial charge is 0.224 e. The highest BCUT2D eigenvalue weighted by atomic mass is 16.5. The number of phenolic OH excluding ortho intramolecular Hbond substituents is 2. The van der Waals surface area contributed by atoms with Crippen LogP contribution in [-0.2, 0) is 49.6 Å². The molecule has 10 atom stereocenters. The molecule has 0 saturated heterocycles. The van der Waals surface area contributed by atoms with Crippen molar-refractivity contribution in [3.8, 4) is 11.5 Å². The molecule has 0 radical (unpaired) electrons. The number of fused-ring (bicyclic) bond motifs is 11. The van der Waals surface area contributed by atoms with Gasteiger partial charge in [-0.2, -0.15) is 5.10 Å². The van der Waals surface area contributed by atoms with Gasteiger partial charge < -0.3 is 25.6 Å². The summed E-state index contributed by atoms with van der Waals surface area (Å²) in [5.41, 5.74) is 8.87. The number of carbonyl (C=O) groups is 4. The highest BCUT2D eigenvalue weighted by Crippen LogP contribution is 2.64. The molecule has 3 aromatic carbocycles. The van der Waals surface area contributed by atoms with Crippen LogP contribution in [0.5, 0.6) is 11.5 Å². The number of methoxy groups -OCH3 is 1.